The number of halogens is 2. The summed E-state index contributed by atoms with van der Waals surface area (Å²) >= 11 is 12.6. The number of nitrogens with zero attached hydrogens (tertiary/aromatic N) is 1. The molecular formula is C17H17Cl2N3O3S2. The second kappa shape index (κ2) is 7.43. The summed E-state index contributed by atoms with van der Waals surface area (Å²) in [5.74, 6) is -0.447. The van der Waals surface area contributed by atoms with Gasteiger partial charge in [-0.3, -0.25) is 9.52 Å². The van der Waals surface area contributed by atoms with E-state index in [1.807, 2.05) is 13.8 Å². The number of carbonyl (C=O) groups is 1. The molecule has 1 aliphatic carbocycles. The van der Waals surface area contributed by atoms with Crippen LogP contribution < -0.4 is 10.0 Å². The fourth-order valence-electron chi connectivity index (χ4n) is 3.01. The van der Waals surface area contributed by atoms with Gasteiger partial charge in [0.15, 0.2) is 5.13 Å². The summed E-state index contributed by atoms with van der Waals surface area (Å²) in [7, 11) is -3.73. The Morgan fingerprint density at radius 3 is 2.48 bits per heavy atom. The van der Waals surface area contributed by atoms with Gasteiger partial charge in [-0.1, -0.05) is 37.0 Å². The summed E-state index contributed by atoms with van der Waals surface area (Å²) in [6, 6.07) is 5.94. The molecule has 10 heteroatoms. The van der Waals surface area contributed by atoms with Crippen molar-refractivity contribution in [1.29, 1.82) is 0 Å². The minimum Gasteiger partial charge on any atom is -0.326 e. The molecule has 1 saturated carbocycles. The van der Waals surface area contributed by atoms with Gasteiger partial charge in [-0.2, -0.15) is 0 Å². The van der Waals surface area contributed by atoms with Crippen molar-refractivity contribution in [3.05, 3.63) is 46.4 Å². The quantitative estimate of drug-likeness (QED) is 0.685. The van der Waals surface area contributed by atoms with Crippen LogP contribution in [-0.4, -0.2) is 19.3 Å². The van der Waals surface area contributed by atoms with E-state index in [1.54, 1.807) is 23.6 Å². The number of benzene rings is 1. The number of carbonyl (C=O) groups excluding carboxylic acids is 1. The van der Waals surface area contributed by atoms with Crippen LogP contribution in [0, 0.1) is 17.3 Å². The molecule has 0 radical (unpaired) electrons. The van der Waals surface area contributed by atoms with Gasteiger partial charge in [0.2, 0.25) is 5.91 Å². The third-order valence-corrected chi connectivity index (χ3v) is 7.01. The Hall–Kier alpha value is -1.61. The number of allylic oxidation sites excluding steroid dienone is 1. The molecule has 1 aliphatic rings. The van der Waals surface area contributed by atoms with Crippen molar-refractivity contribution in [1.82, 2.24) is 4.98 Å². The molecule has 1 heterocycles. The normalized spacial score (nSPS) is 20.6. The van der Waals surface area contributed by atoms with Gasteiger partial charge >= 0.3 is 0 Å². The van der Waals surface area contributed by atoms with Crippen molar-refractivity contribution < 1.29 is 13.2 Å². The van der Waals surface area contributed by atoms with Crippen molar-refractivity contribution in [2.24, 2.45) is 17.3 Å². The third-order valence-electron chi connectivity index (χ3n) is 4.58. The summed E-state index contributed by atoms with van der Waals surface area (Å²) in [5.41, 5.74) is 0.274. The molecule has 1 aromatic heterocycles. The molecule has 27 heavy (non-hydrogen) atoms. The van der Waals surface area contributed by atoms with E-state index in [2.05, 4.69) is 15.0 Å². The minimum atomic E-state index is -3.73. The van der Waals surface area contributed by atoms with E-state index in [0.29, 0.717) is 10.8 Å². The summed E-state index contributed by atoms with van der Waals surface area (Å²) in [4.78, 5) is 16.5. The van der Waals surface area contributed by atoms with E-state index >= 15 is 0 Å². The monoisotopic (exact) mass is 445 g/mol. The van der Waals surface area contributed by atoms with Crippen molar-refractivity contribution in [2.45, 2.75) is 18.7 Å². The highest BCUT2D eigenvalue weighted by Gasteiger charge is 2.60. The summed E-state index contributed by atoms with van der Waals surface area (Å²) in [6.07, 6.45) is 3.19. The maximum absolute atomic E-state index is 12.5. The highest BCUT2D eigenvalue weighted by atomic mass is 35.5. The van der Waals surface area contributed by atoms with Crippen LogP contribution in [0.4, 0.5) is 10.8 Å². The highest BCUT2D eigenvalue weighted by Crippen LogP contribution is 2.60. The average Bonchev–Trinajstić information content (AvgIpc) is 2.91. The zero-order valence-corrected chi connectivity index (χ0v) is 17.6. The zero-order valence-electron chi connectivity index (χ0n) is 14.4. The Labute approximate surface area is 171 Å². The Morgan fingerprint density at radius 1 is 1.26 bits per heavy atom. The number of rotatable bonds is 6. The molecule has 0 unspecified atom stereocenters. The van der Waals surface area contributed by atoms with Crippen molar-refractivity contribution in [2.75, 3.05) is 10.0 Å². The van der Waals surface area contributed by atoms with Crippen LogP contribution in [0.15, 0.2) is 51.3 Å². The second-order valence-electron chi connectivity index (χ2n) is 6.74. The van der Waals surface area contributed by atoms with Crippen molar-refractivity contribution >= 4 is 61.3 Å². The first-order valence-corrected chi connectivity index (χ1v) is 11.1. The lowest BCUT2D eigenvalue weighted by Crippen LogP contribution is -2.17. The molecular weight excluding hydrogens is 429 g/mol. The van der Waals surface area contributed by atoms with Gasteiger partial charge in [-0.15, -0.1) is 11.3 Å². The zero-order chi connectivity index (χ0) is 19.8. The SMILES string of the molecule is CC1(C)[C@H](C(=O)Nc2ccc(S(=O)(=O)Nc3nccs3)cc2)[C@@H]1C=C(Cl)Cl. The number of sulfonamides is 1. The van der Waals surface area contributed by atoms with Crippen LogP contribution in [0.3, 0.4) is 0 Å². The number of nitrogens with one attached hydrogen (secondary N) is 2. The molecule has 144 valence electrons. The molecule has 6 nitrogen and oxygen atoms in total. The summed E-state index contributed by atoms with van der Waals surface area (Å²) < 4.78 is 27.2. The molecule has 0 bridgehead atoms. The lowest BCUT2D eigenvalue weighted by molar-refractivity contribution is -0.118. The van der Waals surface area contributed by atoms with Gasteiger partial charge in [0.1, 0.15) is 4.49 Å². The Balaban J connectivity index is 1.68. The van der Waals surface area contributed by atoms with E-state index < -0.39 is 10.0 Å². The number of thiazole rings is 1. The molecule has 1 aromatic carbocycles. The van der Waals surface area contributed by atoms with Crippen LogP contribution in [0.5, 0.6) is 0 Å². The van der Waals surface area contributed by atoms with E-state index in [1.165, 1.54) is 29.7 Å². The maximum Gasteiger partial charge on any atom is 0.263 e. The van der Waals surface area contributed by atoms with E-state index in [4.69, 9.17) is 23.2 Å². The number of hydrogen-bond donors (Lipinski definition) is 2. The second-order valence-corrected chi connectivity index (χ2v) is 10.3. The van der Waals surface area contributed by atoms with E-state index in [-0.39, 0.29) is 32.5 Å². The van der Waals surface area contributed by atoms with Gasteiger partial charge < -0.3 is 5.32 Å². The molecule has 3 rings (SSSR count). The summed E-state index contributed by atoms with van der Waals surface area (Å²) in [6.45, 7) is 3.93. The average molecular weight is 446 g/mol. The van der Waals surface area contributed by atoms with E-state index in [9.17, 15) is 13.2 Å². The lowest BCUT2D eigenvalue weighted by atomic mass is 10.1. The third kappa shape index (κ3) is 4.45. The molecule has 2 aromatic rings. The first-order chi connectivity index (χ1) is 12.6. The smallest absolute Gasteiger partial charge is 0.263 e. The van der Waals surface area contributed by atoms with Crippen molar-refractivity contribution in [3.8, 4) is 0 Å². The molecule has 2 N–H and O–H groups in total. The predicted molar refractivity (Wildman–Crippen MR) is 109 cm³/mol. The van der Waals surface area contributed by atoms with Crippen molar-refractivity contribution in [3.63, 3.8) is 0 Å². The predicted octanol–water partition coefficient (Wildman–Crippen LogP) is 4.47. The fraction of sp³-hybridized carbons (Fsp3) is 0.294. The Bertz CT molecular complexity index is 967. The molecule has 1 fully saturated rings. The largest absolute Gasteiger partial charge is 0.326 e. The number of hydrogen-bond acceptors (Lipinski definition) is 5. The van der Waals surface area contributed by atoms with Gasteiger partial charge in [0.25, 0.3) is 10.0 Å². The van der Waals surface area contributed by atoms with Gasteiger partial charge in [-0.25, -0.2) is 13.4 Å². The minimum absolute atomic E-state index is 0.0374. The molecule has 0 saturated heterocycles. The van der Waals surface area contributed by atoms with E-state index in [0.717, 1.165) is 0 Å². The number of anilines is 2. The Kier molecular flexibility index (Phi) is 5.54. The van der Waals surface area contributed by atoms with Crippen LogP contribution in [0.25, 0.3) is 0 Å². The highest BCUT2D eigenvalue weighted by molar-refractivity contribution is 7.93. The molecule has 0 spiro atoms. The van der Waals surface area contributed by atoms with Crippen LogP contribution in [0.2, 0.25) is 0 Å². The van der Waals surface area contributed by atoms with Gasteiger partial charge in [-0.05, 0) is 41.7 Å². The number of aromatic nitrogens is 1. The molecule has 0 aliphatic heterocycles. The lowest BCUT2D eigenvalue weighted by Gasteiger charge is -2.08. The first kappa shape index (κ1) is 20.1. The van der Waals surface area contributed by atoms with Crippen LogP contribution in [-0.2, 0) is 14.8 Å². The Morgan fingerprint density at radius 2 is 1.93 bits per heavy atom. The van der Waals surface area contributed by atoms with Gasteiger partial charge in [0.05, 0.1) is 10.8 Å². The van der Waals surface area contributed by atoms with Gasteiger partial charge in [0, 0.05) is 17.3 Å². The van der Waals surface area contributed by atoms with Crippen LogP contribution >= 0.6 is 34.5 Å². The first-order valence-electron chi connectivity index (χ1n) is 7.97. The number of amides is 1. The van der Waals surface area contributed by atoms with Crippen LogP contribution in [0.1, 0.15) is 13.8 Å². The summed E-state index contributed by atoms with van der Waals surface area (Å²) in [5, 5.41) is 4.78. The fourth-order valence-corrected chi connectivity index (χ4v) is 5.07. The molecule has 1 amide bonds. The topological polar surface area (TPSA) is 88.2 Å². The maximum atomic E-state index is 12.5. The standard InChI is InChI=1S/C17H17Cl2N3O3S2/c1-17(2)12(9-13(18)19)14(17)15(23)21-10-3-5-11(6-4-10)27(24,25)22-16-20-7-8-26-16/h3-9,12,14H,1-2H3,(H,20,22)(H,21,23)/t12-,14-/m0/s1. The molecule has 2 atom stereocenters.